The Morgan fingerprint density at radius 3 is 2.33 bits per heavy atom. The van der Waals surface area contributed by atoms with Gasteiger partial charge in [0.2, 0.25) is 0 Å². The lowest BCUT2D eigenvalue weighted by molar-refractivity contribution is -0.00986. The molecule has 0 radical (unpaired) electrons. The molecule has 1 aliphatic carbocycles. The number of allylic oxidation sites excluding steroid dienone is 1. The summed E-state index contributed by atoms with van der Waals surface area (Å²) in [4.78, 5) is 0. The van der Waals surface area contributed by atoms with Gasteiger partial charge in [-0.1, -0.05) is 51.0 Å². The molecule has 2 rings (SSSR count). The van der Waals surface area contributed by atoms with Crippen LogP contribution < -0.4 is 4.74 Å². The van der Waals surface area contributed by atoms with Gasteiger partial charge in [0.15, 0.2) is 0 Å². The van der Waals surface area contributed by atoms with Crippen LogP contribution in [-0.4, -0.2) is 19.3 Å². The number of benzene rings is 1. The first-order chi connectivity index (χ1) is 9.96. The SMILES string of the molecule is C=C(C)c1ccc(OCC(C)(C)COC2CCCC2)cc1. The molecule has 1 fully saturated rings. The first kappa shape index (κ1) is 16.1. The summed E-state index contributed by atoms with van der Waals surface area (Å²) >= 11 is 0. The second kappa shape index (κ2) is 7.13. The van der Waals surface area contributed by atoms with E-state index in [0.29, 0.717) is 12.7 Å². The molecule has 116 valence electrons. The molecule has 1 aromatic carbocycles. The van der Waals surface area contributed by atoms with Gasteiger partial charge in [0.05, 0.1) is 19.3 Å². The highest BCUT2D eigenvalue weighted by molar-refractivity contribution is 5.61. The van der Waals surface area contributed by atoms with E-state index in [1.54, 1.807) is 0 Å². The maximum atomic E-state index is 6.02. The summed E-state index contributed by atoms with van der Waals surface area (Å²) in [5, 5.41) is 0. The molecule has 2 heteroatoms. The van der Waals surface area contributed by atoms with Crippen LogP contribution in [0.5, 0.6) is 5.75 Å². The lowest BCUT2D eigenvalue weighted by atomic mass is 9.96. The van der Waals surface area contributed by atoms with Crippen molar-refractivity contribution in [2.75, 3.05) is 13.2 Å². The molecule has 21 heavy (non-hydrogen) atoms. The normalized spacial score (nSPS) is 16.1. The maximum Gasteiger partial charge on any atom is 0.119 e. The minimum Gasteiger partial charge on any atom is -0.493 e. The lowest BCUT2D eigenvalue weighted by Crippen LogP contribution is -2.29. The fourth-order valence-electron chi connectivity index (χ4n) is 2.55. The lowest BCUT2D eigenvalue weighted by Gasteiger charge is -2.26. The van der Waals surface area contributed by atoms with Gasteiger partial charge in [-0.05, 0) is 37.5 Å². The number of rotatable bonds is 7. The van der Waals surface area contributed by atoms with Crippen LogP contribution in [0.1, 0.15) is 52.0 Å². The molecule has 0 heterocycles. The summed E-state index contributed by atoms with van der Waals surface area (Å²) in [6.45, 7) is 11.8. The third-order valence-corrected chi connectivity index (χ3v) is 3.99. The Morgan fingerprint density at radius 1 is 1.14 bits per heavy atom. The smallest absolute Gasteiger partial charge is 0.119 e. The number of hydrogen-bond acceptors (Lipinski definition) is 2. The molecule has 0 N–H and O–H groups in total. The van der Waals surface area contributed by atoms with E-state index in [-0.39, 0.29) is 5.41 Å². The van der Waals surface area contributed by atoms with Gasteiger partial charge in [-0.15, -0.1) is 0 Å². The average Bonchev–Trinajstić information content (AvgIpc) is 2.97. The zero-order valence-corrected chi connectivity index (χ0v) is 13.7. The highest BCUT2D eigenvalue weighted by Gasteiger charge is 2.23. The van der Waals surface area contributed by atoms with Crippen LogP contribution in [0.15, 0.2) is 30.8 Å². The summed E-state index contributed by atoms with van der Waals surface area (Å²) < 4.78 is 11.9. The van der Waals surface area contributed by atoms with E-state index in [1.165, 1.54) is 25.7 Å². The molecular weight excluding hydrogens is 260 g/mol. The summed E-state index contributed by atoms with van der Waals surface area (Å²) in [7, 11) is 0. The van der Waals surface area contributed by atoms with E-state index in [9.17, 15) is 0 Å². The molecule has 0 aromatic heterocycles. The van der Waals surface area contributed by atoms with Crippen LogP contribution in [0, 0.1) is 5.41 Å². The van der Waals surface area contributed by atoms with E-state index in [2.05, 4.69) is 32.6 Å². The third-order valence-electron chi connectivity index (χ3n) is 3.99. The second-order valence-electron chi connectivity index (χ2n) is 6.98. The highest BCUT2D eigenvalue weighted by Crippen LogP contribution is 2.25. The van der Waals surface area contributed by atoms with Gasteiger partial charge >= 0.3 is 0 Å². The average molecular weight is 288 g/mol. The molecule has 1 saturated carbocycles. The molecule has 0 amide bonds. The van der Waals surface area contributed by atoms with Crippen molar-refractivity contribution in [3.63, 3.8) is 0 Å². The van der Waals surface area contributed by atoms with Crippen molar-refractivity contribution >= 4 is 5.57 Å². The molecule has 1 aliphatic rings. The number of hydrogen-bond donors (Lipinski definition) is 0. The monoisotopic (exact) mass is 288 g/mol. The third kappa shape index (κ3) is 5.20. The minimum absolute atomic E-state index is 0.0373. The van der Waals surface area contributed by atoms with Crippen molar-refractivity contribution in [3.05, 3.63) is 36.4 Å². The fourth-order valence-corrected chi connectivity index (χ4v) is 2.55. The standard InChI is InChI=1S/C19H28O2/c1-15(2)16-9-11-18(12-10-16)21-14-19(3,4)13-20-17-7-5-6-8-17/h9-12,17H,1,5-8,13-14H2,2-4H3. The van der Waals surface area contributed by atoms with E-state index in [0.717, 1.165) is 23.5 Å². The predicted molar refractivity (Wildman–Crippen MR) is 88.6 cm³/mol. The predicted octanol–water partition coefficient (Wildman–Crippen LogP) is 5.08. The Hall–Kier alpha value is -1.28. The van der Waals surface area contributed by atoms with E-state index < -0.39 is 0 Å². The van der Waals surface area contributed by atoms with Gasteiger partial charge < -0.3 is 9.47 Å². The van der Waals surface area contributed by atoms with Gasteiger partial charge in [0, 0.05) is 5.41 Å². The van der Waals surface area contributed by atoms with Crippen LogP contribution in [0.3, 0.4) is 0 Å². The highest BCUT2D eigenvalue weighted by atomic mass is 16.5. The molecule has 2 nitrogen and oxygen atoms in total. The van der Waals surface area contributed by atoms with Crippen molar-refractivity contribution in [1.29, 1.82) is 0 Å². The van der Waals surface area contributed by atoms with Crippen molar-refractivity contribution in [1.82, 2.24) is 0 Å². The van der Waals surface area contributed by atoms with Crippen LogP contribution >= 0.6 is 0 Å². The van der Waals surface area contributed by atoms with Crippen molar-refractivity contribution < 1.29 is 9.47 Å². The maximum absolute atomic E-state index is 6.02. The molecule has 0 aliphatic heterocycles. The molecule has 0 unspecified atom stereocenters. The van der Waals surface area contributed by atoms with E-state index >= 15 is 0 Å². The Kier molecular flexibility index (Phi) is 5.46. The Morgan fingerprint density at radius 2 is 1.76 bits per heavy atom. The molecular formula is C19H28O2. The number of ether oxygens (including phenoxy) is 2. The van der Waals surface area contributed by atoms with Gasteiger partial charge in [-0.25, -0.2) is 0 Å². The topological polar surface area (TPSA) is 18.5 Å². The van der Waals surface area contributed by atoms with Crippen LogP contribution in [0.25, 0.3) is 5.57 Å². The van der Waals surface area contributed by atoms with Crippen LogP contribution in [0.4, 0.5) is 0 Å². The summed E-state index contributed by atoms with van der Waals surface area (Å²) in [6, 6.07) is 8.13. The van der Waals surface area contributed by atoms with Gasteiger partial charge in [0.1, 0.15) is 5.75 Å². The van der Waals surface area contributed by atoms with Gasteiger partial charge in [-0.3, -0.25) is 0 Å². The Bertz CT molecular complexity index is 453. The molecule has 0 saturated heterocycles. The zero-order chi connectivity index (χ0) is 15.3. The van der Waals surface area contributed by atoms with Crippen LogP contribution in [0.2, 0.25) is 0 Å². The van der Waals surface area contributed by atoms with Gasteiger partial charge in [-0.2, -0.15) is 0 Å². The van der Waals surface area contributed by atoms with Crippen molar-refractivity contribution in [2.45, 2.75) is 52.6 Å². The first-order valence-corrected chi connectivity index (χ1v) is 7.97. The summed E-state index contributed by atoms with van der Waals surface area (Å²) in [6.07, 6.45) is 5.55. The largest absolute Gasteiger partial charge is 0.493 e. The summed E-state index contributed by atoms with van der Waals surface area (Å²) in [5.41, 5.74) is 2.27. The Labute approximate surface area is 129 Å². The van der Waals surface area contributed by atoms with Crippen LogP contribution in [-0.2, 0) is 4.74 Å². The molecule has 0 atom stereocenters. The zero-order valence-electron chi connectivity index (χ0n) is 13.7. The summed E-state index contributed by atoms with van der Waals surface area (Å²) in [5.74, 6) is 0.911. The van der Waals surface area contributed by atoms with E-state index in [1.807, 2.05) is 19.1 Å². The fraction of sp³-hybridized carbons (Fsp3) is 0.579. The van der Waals surface area contributed by atoms with Crippen molar-refractivity contribution in [2.24, 2.45) is 5.41 Å². The Balaban J connectivity index is 1.78. The molecule has 0 spiro atoms. The quantitative estimate of drug-likeness (QED) is 0.696. The second-order valence-corrected chi connectivity index (χ2v) is 6.98. The molecule has 0 bridgehead atoms. The molecule has 1 aromatic rings. The van der Waals surface area contributed by atoms with Gasteiger partial charge in [0.25, 0.3) is 0 Å². The van der Waals surface area contributed by atoms with Crippen molar-refractivity contribution in [3.8, 4) is 5.75 Å². The first-order valence-electron chi connectivity index (χ1n) is 7.97. The minimum atomic E-state index is 0.0373. The van der Waals surface area contributed by atoms with E-state index in [4.69, 9.17) is 9.47 Å².